The van der Waals surface area contributed by atoms with E-state index in [1.807, 2.05) is 7.05 Å². The maximum atomic E-state index is 13.4. The molecule has 0 bridgehead atoms. The highest BCUT2D eigenvalue weighted by atomic mass is 19.1. The van der Waals surface area contributed by atoms with Crippen LogP contribution in [0.25, 0.3) is 0 Å². The van der Waals surface area contributed by atoms with Crippen molar-refractivity contribution in [2.75, 3.05) is 27.9 Å². The van der Waals surface area contributed by atoms with E-state index in [1.54, 1.807) is 19.2 Å². The number of nitrogens with one attached hydrogen (secondary N) is 1. The van der Waals surface area contributed by atoms with Gasteiger partial charge in [0.2, 0.25) is 0 Å². The van der Waals surface area contributed by atoms with E-state index in [0.717, 1.165) is 18.6 Å². The largest absolute Gasteiger partial charge is 0.494 e. The first kappa shape index (κ1) is 14.9. The third-order valence-electron chi connectivity index (χ3n) is 3.19. The van der Waals surface area contributed by atoms with Crippen LogP contribution in [0.3, 0.4) is 0 Å². The lowest BCUT2D eigenvalue weighted by molar-refractivity contribution is 0.171. The molecule has 1 N–H and O–H groups in total. The molecule has 0 radical (unpaired) electrons. The van der Waals surface area contributed by atoms with Crippen molar-refractivity contribution < 1.29 is 13.9 Å². The number of ether oxygens (including phenoxy) is 2. The van der Waals surface area contributed by atoms with Gasteiger partial charge in [-0.1, -0.05) is 13.0 Å². The molecule has 0 fully saturated rings. The Bertz CT molecular complexity index is 371. The average molecular weight is 255 g/mol. The number of hydrogen-bond donors (Lipinski definition) is 1. The fourth-order valence-electron chi connectivity index (χ4n) is 2.12. The number of hydrogen-bond acceptors (Lipinski definition) is 3. The van der Waals surface area contributed by atoms with Gasteiger partial charge in [-0.25, -0.2) is 4.39 Å². The summed E-state index contributed by atoms with van der Waals surface area (Å²) in [4.78, 5) is 0. The fraction of sp³-hybridized carbons (Fsp3) is 0.571. The van der Waals surface area contributed by atoms with Gasteiger partial charge < -0.3 is 14.8 Å². The molecule has 2 atom stereocenters. The monoisotopic (exact) mass is 255 g/mol. The van der Waals surface area contributed by atoms with E-state index in [-0.39, 0.29) is 17.6 Å². The minimum Gasteiger partial charge on any atom is -0.494 e. The Morgan fingerprint density at radius 2 is 2.06 bits per heavy atom. The van der Waals surface area contributed by atoms with Gasteiger partial charge in [0.1, 0.15) is 0 Å². The first-order chi connectivity index (χ1) is 8.63. The van der Waals surface area contributed by atoms with E-state index in [1.165, 1.54) is 13.2 Å². The smallest absolute Gasteiger partial charge is 0.165 e. The van der Waals surface area contributed by atoms with Crippen molar-refractivity contribution in [1.82, 2.24) is 5.32 Å². The molecule has 0 aliphatic rings. The van der Waals surface area contributed by atoms with Crippen molar-refractivity contribution >= 4 is 0 Å². The van der Waals surface area contributed by atoms with Crippen LogP contribution in [-0.4, -0.2) is 27.9 Å². The van der Waals surface area contributed by atoms with Gasteiger partial charge in [0.25, 0.3) is 0 Å². The van der Waals surface area contributed by atoms with E-state index in [9.17, 15) is 4.39 Å². The summed E-state index contributed by atoms with van der Waals surface area (Å²) >= 11 is 0. The molecule has 0 amide bonds. The molecule has 0 saturated heterocycles. The number of halogens is 1. The van der Waals surface area contributed by atoms with Crippen molar-refractivity contribution in [2.45, 2.75) is 19.4 Å². The topological polar surface area (TPSA) is 30.5 Å². The quantitative estimate of drug-likeness (QED) is 0.812. The molecule has 18 heavy (non-hydrogen) atoms. The van der Waals surface area contributed by atoms with Gasteiger partial charge in [-0.15, -0.1) is 0 Å². The second-order valence-electron chi connectivity index (χ2n) is 4.42. The van der Waals surface area contributed by atoms with E-state index in [4.69, 9.17) is 9.47 Å². The number of rotatable bonds is 7. The van der Waals surface area contributed by atoms with Crippen LogP contribution in [0.5, 0.6) is 5.75 Å². The molecular weight excluding hydrogens is 233 g/mol. The second kappa shape index (κ2) is 7.34. The predicted molar refractivity (Wildman–Crippen MR) is 70.4 cm³/mol. The van der Waals surface area contributed by atoms with Crippen molar-refractivity contribution in [3.05, 3.63) is 29.6 Å². The molecule has 0 heterocycles. The summed E-state index contributed by atoms with van der Waals surface area (Å²) in [7, 11) is 5.08. The second-order valence-corrected chi connectivity index (χ2v) is 4.42. The zero-order chi connectivity index (χ0) is 13.5. The van der Waals surface area contributed by atoms with Crippen molar-refractivity contribution in [1.29, 1.82) is 0 Å². The highest BCUT2D eigenvalue weighted by Crippen LogP contribution is 2.28. The van der Waals surface area contributed by atoms with E-state index >= 15 is 0 Å². The third kappa shape index (κ3) is 3.68. The Morgan fingerprint density at radius 1 is 1.33 bits per heavy atom. The fourth-order valence-corrected chi connectivity index (χ4v) is 2.12. The molecule has 0 aliphatic heterocycles. The Labute approximate surface area is 108 Å². The molecule has 3 nitrogen and oxygen atoms in total. The normalized spacial score (nSPS) is 14.3. The Morgan fingerprint density at radius 3 is 2.61 bits per heavy atom. The summed E-state index contributed by atoms with van der Waals surface area (Å²) in [5.41, 5.74) is 1.03. The molecule has 1 aromatic carbocycles. The van der Waals surface area contributed by atoms with Gasteiger partial charge >= 0.3 is 0 Å². The summed E-state index contributed by atoms with van der Waals surface area (Å²) in [6.07, 6.45) is 0.946. The van der Waals surface area contributed by atoms with Crippen LogP contribution in [0.15, 0.2) is 18.2 Å². The summed E-state index contributed by atoms with van der Waals surface area (Å²) in [5, 5.41) is 3.26. The van der Waals surface area contributed by atoms with Gasteiger partial charge in [-0.2, -0.15) is 0 Å². The van der Waals surface area contributed by atoms with Crippen LogP contribution in [0.2, 0.25) is 0 Å². The molecule has 1 rings (SSSR count). The van der Waals surface area contributed by atoms with Crippen LogP contribution in [0.4, 0.5) is 4.39 Å². The van der Waals surface area contributed by atoms with E-state index in [0.29, 0.717) is 5.92 Å². The van der Waals surface area contributed by atoms with Crippen molar-refractivity contribution in [3.63, 3.8) is 0 Å². The summed E-state index contributed by atoms with van der Waals surface area (Å²) in [6, 6.07) is 5.15. The summed E-state index contributed by atoms with van der Waals surface area (Å²) < 4.78 is 23.5. The summed E-state index contributed by atoms with van der Waals surface area (Å²) in [6.45, 7) is 2.87. The number of benzene rings is 1. The zero-order valence-corrected chi connectivity index (χ0v) is 11.5. The van der Waals surface area contributed by atoms with Crippen molar-refractivity contribution in [2.24, 2.45) is 5.92 Å². The highest BCUT2D eigenvalue weighted by molar-refractivity contribution is 5.32. The lowest BCUT2D eigenvalue weighted by Gasteiger charge is -2.24. The molecule has 2 unspecified atom stereocenters. The van der Waals surface area contributed by atoms with Crippen molar-refractivity contribution in [3.8, 4) is 5.75 Å². The lowest BCUT2D eigenvalue weighted by Crippen LogP contribution is -2.24. The minimum atomic E-state index is -0.333. The standard InChI is InChI=1S/C14H22FNO2/c1-10(7-8-17-3)14(16-2)11-5-6-12(15)13(9-11)18-4/h5-6,9-10,14,16H,7-8H2,1-4H3. The molecule has 4 heteroatoms. The molecule has 0 spiro atoms. The Kier molecular flexibility index (Phi) is 6.09. The number of methoxy groups -OCH3 is 2. The van der Waals surface area contributed by atoms with Crippen LogP contribution >= 0.6 is 0 Å². The highest BCUT2D eigenvalue weighted by Gasteiger charge is 2.18. The van der Waals surface area contributed by atoms with Gasteiger partial charge in [0.15, 0.2) is 11.6 Å². The van der Waals surface area contributed by atoms with Gasteiger partial charge in [0, 0.05) is 19.8 Å². The summed E-state index contributed by atoms with van der Waals surface area (Å²) in [5.74, 6) is 0.345. The van der Waals surface area contributed by atoms with Crippen LogP contribution < -0.4 is 10.1 Å². The van der Waals surface area contributed by atoms with E-state index in [2.05, 4.69) is 12.2 Å². The maximum absolute atomic E-state index is 13.4. The first-order valence-electron chi connectivity index (χ1n) is 6.13. The molecule has 0 saturated carbocycles. The molecule has 1 aromatic rings. The van der Waals surface area contributed by atoms with E-state index < -0.39 is 0 Å². The van der Waals surface area contributed by atoms with Crippen LogP contribution in [0, 0.1) is 11.7 Å². The Balaban J connectivity index is 2.87. The minimum absolute atomic E-state index is 0.162. The lowest BCUT2D eigenvalue weighted by atomic mass is 9.92. The van der Waals surface area contributed by atoms with Crippen LogP contribution in [-0.2, 0) is 4.74 Å². The van der Waals surface area contributed by atoms with Gasteiger partial charge in [-0.05, 0) is 37.1 Å². The SMILES string of the molecule is CNC(c1ccc(F)c(OC)c1)C(C)CCOC. The molecular formula is C14H22FNO2. The third-order valence-corrected chi connectivity index (χ3v) is 3.19. The average Bonchev–Trinajstić information content (AvgIpc) is 2.39. The molecule has 0 aromatic heterocycles. The van der Waals surface area contributed by atoms with Crippen LogP contribution in [0.1, 0.15) is 24.9 Å². The zero-order valence-electron chi connectivity index (χ0n) is 11.5. The maximum Gasteiger partial charge on any atom is 0.165 e. The Hall–Kier alpha value is -1.13. The molecule has 102 valence electrons. The first-order valence-corrected chi connectivity index (χ1v) is 6.13. The molecule has 0 aliphatic carbocycles. The van der Waals surface area contributed by atoms with Gasteiger partial charge in [0.05, 0.1) is 7.11 Å². The predicted octanol–water partition coefficient (Wildman–Crippen LogP) is 2.77. The van der Waals surface area contributed by atoms with Gasteiger partial charge in [-0.3, -0.25) is 0 Å².